The smallest absolute Gasteiger partial charge is 0.251 e. The van der Waals surface area contributed by atoms with Gasteiger partial charge in [-0.3, -0.25) is 9.59 Å². The topological polar surface area (TPSA) is 113 Å². The minimum atomic E-state index is -0.794. The number of carbonyl (C=O) groups is 2. The quantitative estimate of drug-likeness (QED) is 0.456. The van der Waals surface area contributed by atoms with E-state index in [-0.39, 0.29) is 24.8 Å². The Balaban J connectivity index is 1.60. The van der Waals surface area contributed by atoms with E-state index in [4.69, 9.17) is 18.9 Å². The second-order valence-electron chi connectivity index (χ2n) is 7.83. The van der Waals surface area contributed by atoms with Crippen molar-refractivity contribution in [2.45, 2.75) is 26.0 Å². The third-order valence-electron chi connectivity index (χ3n) is 5.60. The first-order valence-electron chi connectivity index (χ1n) is 11.1. The lowest BCUT2D eigenvalue weighted by Gasteiger charge is -2.11. The van der Waals surface area contributed by atoms with Crippen LogP contribution in [0.2, 0.25) is 0 Å². The summed E-state index contributed by atoms with van der Waals surface area (Å²) in [5, 5.41) is 10.3. The first kappa shape index (κ1) is 24.1. The van der Waals surface area contributed by atoms with Crippen molar-refractivity contribution in [1.29, 1.82) is 0 Å². The summed E-state index contributed by atoms with van der Waals surface area (Å²) in [5.74, 6) is 1.74. The molecule has 10 nitrogen and oxygen atoms in total. The molecule has 2 aromatic carbocycles. The van der Waals surface area contributed by atoms with Crippen LogP contribution < -0.4 is 24.8 Å². The summed E-state index contributed by atoms with van der Waals surface area (Å²) in [4.78, 5) is 25.6. The highest BCUT2D eigenvalue weighted by Gasteiger charge is 2.37. The maximum absolute atomic E-state index is 12.8. The van der Waals surface area contributed by atoms with Crippen molar-refractivity contribution in [2.24, 2.45) is 0 Å². The van der Waals surface area contributed by atoms with E-state index in [9.17, 15) is 9.59 Å². The molecular formula is C25H28N4O6. The number of rotatable bonds is 10. The van der Waals surface area contributed by atoms with Crippen molar-refractivity contribution in [1.82, 2.24) is 9.78 Å². The Kier molecular flexibility index (Phi) is 7.21. The molecule has 1 aromatic heterocycles. The zero-order chi connectivity index (χ0) is 24.9. The van der Waals surface area contributed by atoms with Gasteiger partial charge in [0, 0.05) is 12.8 Å². The Bertz CT molecular complexity index is 1220. The standard InChI is InChI=1S/C25H28N4O6/c1-5-35-17-9-7-16(8-10-17)26-22(30)13-19-25(31)27-24-23(18(14-32-2)28-29(19)24)15-6-11-20(33-3)21(12-15)34-4/h6-12,19H,5,13-14H2,1-4H3,(H,26,30)(H,27,31). The summed E-state index contributed by atoms with van der Waals surface area (Å²) < 4.78 is 23.1. The van der Waals surface area contributed by atoms with Crippen molar-refractivity contribution >= 4 is 23.3 Å². The summed E-state index contributed by atoms with van der Waals surface area (Å²) in [7, 11) is 4.69. The van der Waals surface area contributed by atoms with Gasteiger partial charge in [0.25, 0.3) is 5.91 Å². The van der Waals surface area contributed by atoms with E-state index in [0.29, 0.717) is 40.9 Å². The number of ether oxygens (including phenoxy) is 4. The van der Waals surface area contributed by atoms with Gasteiger partial charge in [-0.1, -0.05) is 6.07 Å². The lowest BCUT2D eigenvalue weighted by Crippen LogP contribution is -2.24. The number of nitrogens with one attached hydrogen (secondary N) is 2. The molecule has 0 fully saturated rings. The average Bonchev–Trinajstić information content (AvgIpc) is 3.34. The van der Waals surface area contributed by atoms with E-state index in [2.05, 4.69) is 15.7 Å². The Morgan fingerprint density at radius 3 is 2.49 bits per heavy atom. The van der Waals surface area contributed by atoms with Gasteiger partial charge >= 0.3 is 0 Å². The van der Waals surface area contributed by atoms with Crippen molar-refractivity contribution in [3.63, 3.8) is 0 Å². The van der Waals surface area contributed by atoms with Gasteiger partial charge in [-0.05, 0) is 48.9 Å². The molecule has 4 rings (SSSR count). The average molecular weight is 481 g/mol. The largest absolute Gasteiger partial charge is 0.494 e. The molecule has 0 saturated heterocycles. The maximum Gasteiger partial charge on any atom is 0.251 e. The van der Waals surface area contributed by atoms with E-state index >= 15 is 0 Å². The Hall–Kier alpha value is -4.05. The Labute approximate surface area is 203 Å². The second kappa shape index (κ2) is 10.5. The van der Waals surface area contributed by atoms with E-state index in [1.165, 1.54) is 0 Å². The fourth-order valence-corrected chi connectivity index (χ4v) is 4.04. The first-order chi connectivity index (χ1) is 17.0. The van der Waals surface area contributed by atoms with Crippen LogP contribution in [0.15, 0.2) is 42.5 Å². The number of aromatic nitrogens is 2. The fourth-order valence-electron chi connectivity index (χ4n) is 4.04. The molecule has 0 saturated carbocycles. The second-order valence-corrected chi connectivity index (χ2v) is 7.83. The van der Waals surface area contributed by atoms with Gasteiger partial charge in [-0.25, -0.2) is 4.68 Å². The number of amides is 2. The Morgan fingerprint density at radius 1 is 1.09 bits per heavy atom. The lowest BCUT2D eigenvalue weighted by atomic mass is 10.0. The molecule has 2 amide bonds. The molecule has 0 bridgehead atoms. The molecule has 3 aromatic rings. The number of anilines is 2. The van der Waals surface area contributed by atoms with Crippen LogP contribution in [0, 0.1) is 0 Å². The predicted molar refractivity (Wildman–Crippen MR) is 130 cm³/mol. The number of benzene rings is 2. The minimum absolute atomic E-state index is 0.0779. The molecule has 35 heavy (non-hydrogen) atoms. The first-order valence-corrected chi connectivity index (χ1v) is 11.1. The molecule has 0 aliphatic carbocycles. The highest BCUT2D eigenvalue weighted by Crippen LogP contribution is 2.41. The van der Waals surface area contributed by atoms with Crippen LogP contribution in [0.3, 0.4) is 0 Å². The number of hydrogen-bond acceptors (Lipinski definition) is 7. The lowest BCUT2D eigenvalue weighted by molar-refractivity contribution is -0.123. The SMILES string of the molecule is CCOc1ccc(NC(=O)CC2C(=O)Nc3c(-c4ccc(OC)c(OC)c4)c(COC)nn32)cc1. The fraction of sp³-hybridized carbons (Fsp3) is 0.320. The molecule has 1 aliphatic heterocycles. The van der Waals surface area contributed by atoms with E-state index in [0.717, 1.165) is 11.3 Å². The third kappa shape index (κ3) is 4.92. The van der Waals surface area contributed by atoms with Crippen molar-refractivity contribution in [3.05, 3.63) is 48.2 Å². The third-order valence-corrected chi connectivity index (χ3v) is 5.60. The van der Waals surface area contributed by atoms with Crippen LogP contribution in [0.1, 0.15) is 25.1 Å². The van der Waals surface area contributed by atoms with Crippen molar-refractivity contribution in [2.75, 3.05) is 38.6 Å². The van der Waals surface area contributed by atoms with E-state index < -0.39 is 6.04 Å². The molecule has 2 N–H and O–H groups in total. The normalized spacial score (nSPS) is 14.3. The molecule has 0 radical (unpaired) electrons. The van der Waals surface area contributed by atoms with Crippen LogP contribution in [0.5, 0.6) is 17.2 Å². The number of carbonyl (C=O) groups excluding carboxylic acids is 2. The van der Waals surface area contributed by atoms with Gasteiger partial charge < -0.3 is 29.6 Å². The summed E-state index contributed by atoms with van der Waals surface area (Å²) in [5.41, 5.74) is 2.72. The minimum Gasteiger partial charge on any atom is -0.494 e. The van der Waals surface area contributed by atoms with Crippen LogP contribution in [-0.2, 0) is 20.9 Å². The number of hydrogen-bond donors (Lipinski definition) is 2. The van der Waals surface area contributed by atoms with Crippen LogP contribution in [-0.4, -0.2) is 49.5 Å². The van der Waals surface area contributed by atoms with Crippen LogP contribution in [0.25, 0.3) is 11.1 Å². The highest BCUT2D eigenvalue weighted by molar-refractivity contribution is 6.04. The van der Waals surface area contributed by atoms with Crippen molar-refractivity contribution in [3.8, 4) is 28.4 Å². The Morgan fingerprint density at radius 2 is 1.83 bits per heavy atom. The van der Waals surface area contributed by atoms with Crippen LogP contribution >= 0.6 is 0 Å². The zero-order valence-corrected chi connectivity index (χ0v) is 20.1. The van der Waals surface area contributed by atoms with Crippen molar-refractivity contribution < 1.29 is 28.5 Å². The number of methoxy groups -OCH3 is 3. The molecule has 1 unspecified atom stereocenters. The van der Waals surface area contributed by atoms with Gasteiger partial charge in [0.1, 0.15) is 17.6 Å². The number of fused-ring (bicyclic) bond motifs is 1. The summed E-state index contributed by atoms with van der Waals surface area (Å²) >= 11 is 0. The van der Waals surface area contributed by atoms with E-state index in [1.54, 1.807) is 56.3 Å². The van der Waals surface area contributed by atoms with Gasteiger partial charge in [-0.15, -0.1) is 0 Å². The van der Waals surface area contributed by atoms with Gasteiger partial charge in [-0.2, -0.15) is 5.10 Å². The summed E-state index contributed by atoms with van der Waals surface area (Å²) in [6.07, 6.45) is -0.0779. The molecule has 10 heteroatoms. The molecular weight excluding hydrogens is 452 g/mol. The highest BCUT2D eigenvalue weighted by atomic mass is 16.5. The van der Waals surface area contributed by atoms with E-state index in [1.807, 2.05) is 19.1 Å². The molecule has 0 spiro atoms. The van der Waals surface area contributed by atoms with Gasteiger partial charge in [0.05, 0.1) is 45.1 Å². The molecule has 184 valence electrons. The zero-order valence-electron chi connectivity index (χ0n) is 20.1. The summed E-state index contributed by atoms with van der Waals surface area (Å²) in [6.45, 7) is 2.69. The monoisotopic (exact) mass is 480 g/mol. The number of nitrogens with zero attached hydrogens (tertiary/aromatic N) is 2. The van der Waals surface area contributed by atoms with Gasteiger partial charge in [0.2, 0.25) is 5.91 Å². The summed E-state index contributed by atoms with van der Waals surface area (Å²) in [6, 6.07) is 11.7. The van der Waals surface area contributed by atoms with Gasteiger partial charge in [0.15, 0.2) is 11.5 Å². The predicted octanol–water partition coefficient (Wildman–Crippen LogP) is 3.63. The molecule has 2 heterocycles. The van der Waals surface area contributed by atoms with Crippen LogP contribution in [0.4, 0.5) is 11.5 Å². The molecule has 1 atom stereocenters. The molecule has 1 aliphatic rings. The maximum atomic E-state index is 12.8.